The minimum Gasteiger partial charge on any atom is -0.306 e. The van der Waals surface area contributed by atoms with Crippen LogP contribution in [-0.2, 0) is 0 Å². The lowest BCUT2D eigenvalue weighted by molar-refractivity contribution is 0.835. The lowest BCUT2D eigenvalue weighted by Crippen LogP contribution is -2.21. The van der Waals surface area contributed by atoms with Gasteiger partial charge in [0.1, 0.15) is 17.0 Å². The van der Waals surface area contributed by atoms with Gasteiger partial charge in [-0.15, -0.1) is 0 Å². The van der Waals surface area contributed by atoms with Crippen LogP contribution in [0.3, 0.4) is 0 Å². The Morgan fingerprint density at radius 3 is 2.86 bits per heavy atom. The number of anilines is 1. The number of pyridine rings is 1. The number of hydrogen-bond donors (Lipinski definition) is 2. The Bertz CT molecular complexity index is 347. The summed E-state index contributed by atoms with van der Waals surface area (Å²) in [5.74, 6) is 0.619. The molecule has 1 aromatic rings. The first-order valence-corrected chi connectivity index (χ1v) is 4.63. The molecule has 14 heavy (non-hydrogen) atoms. The van der Waals surface area contributed by atoms with Crippen molar-refractivity contribution in [2.75, 3.05) is 12.0 Å². The van der Waals surface area contributed by atoms with Gasteiger partial charge in [-0.05, 0) is 18.6 Å². The fourth-order valence-corrected chi connectivity index (χ4v) is 1.29. The molecule has 0 unspecified atom stereocenters. The van der Waals surface area contributed by atoms with E-state index in [1.165, 1.54) is 0 Å². The summed E-state index contributed by atoms with van der Waals surface area (Å²) in [7, 11) is 0. The summed E-state index contributed by atoms with van der Waals surface area (Å²) in [6, 6.07) is 3.78. The smallest absolute Gasteiger partial charge is 0.149 e. The van der Waals surface area contributed by atoms with Gasteiger partial charge in [-0.3, -0.25) is 0 Å². The van der Waals surface area contributed by atoms with Gasteiger partial charge >= 0.3 is 0 Å². The Balaban J connectivity index is 2.97. The molecule has 74 valence electrons. The van der Waals surface area contributed by atoms with E-state index in [0.29, 0.717) is 11.4 Å². The summed E-state index contributed by atoms with van der Waals surface area (Å²) >= 11 is 5.81. The van der Waals surface area contributed by atoms with Crippen molar-refractivity contribution >= 4 is 17.4 Å². The summed E-state index contributed by atoms with van der Waals surface area (Å²) in [5.41, 5.74) is 7.01. The first-order valence-electron chi connectivity index (χ1n) is 4.25. The third kappa shape index (κ3) is 2.34. The molecule has 0 radical (unpaired) electrons. The van der Waals surface area contributed by atoms with Crippen molar-refractivity contribution in [1.82, 2.24) is 10.4 Å². The third-order valence-corrected chi connectivity index (χ3v) is 1.95. The topological polar surface area (TPSA) is 60.7 Å². The second-order valence-corrected chi connectivity index (χ2v) is 3.12. The van der Waals surface area contributed by atoms with E-state index in [-0.39, 0.29) is 5.15 Å². The van der Waals surface area contributed by atoms with Crippen LogP contribution in [0.1, 0.15) is 18.1 Å². The number of rotatable bonds is 3. The van der Waals surface area contributed by atoms with Crippen LogP contribution in [0.5, 0.6) is 0 Å². The fourth-order valence-electron chi connectivity index (χ4n) is 1.01. The highest BCUT2D eigenvalue weighted by Gasteiger charge is 2.06. The van der Waals surface area contributed by atoms with Gasteiger partial charge < -0.3 is 5.43 Å². The predicted octanol–water partition coefficient (Wildman–Crippen LogP) is 1.85. The van der Waals surface area contributed by atoms with Crippen LogP contribution >= 0.6 is 11.6 Å². The third-order valence-electron chi connectivity index (χ3n) is 1.68. The maximum absolute atomic E-state index is 8.76. The molecule has 0 bridgehead atoms. The standard InChI is InChI=1S/C9H11ClN4/c1-3-12-14-8-4-6(2)7(5-11)9(10)13-8/h4,12H,3H2,1-2H3,(H,13,14). The van der Waals surface area contributed by atoms with Crippen LogP contribution in [0.2, 0.25) is 5.15 Å². The molecule has 0 aliphatic carbocycles. The van der Waals surface area contributed by atoms with Crippen molar-refractivity contribution in [1.29, 1.82) is 5.26 Å². The average molecular weight is 211 g/mol. The Morgan fingerprint density at radius 1 is 1.64 bits per heavy atom. The number of hydrazine groups is 1. The van der Waals surface area contributed by atoms with Crippen molar-refractivity contribution in [3.8, 4) is 6.07 Å². The number of aryl methyl sites for hydroxylation is 1. The molecule has 2 N–H and O–H groups in total. The van der Waals surface area contributed by atoms with Gasteiger partial charge in [0.05, 0.1) is 5.56 Å². The van der Waals surface area contributed by atoms with E-state index in [2.05, 4.69) is 15.8 Å². The second-order valence-electron chi connectivity index (χ2n) is 2.76. The minimum absolute atomic E-state index is 0.230. The Labute approximate surface area is 87.9 Å². The quantitative estimate of drug-likeness (QED) is 0.591. The molecule has 5 heteroatoms. The van der Waals surface area contributed by atoms with E-state index in [0.717, 1.165) is 12.1 Å². The molecule has 1 rings (SSSR count). The van der Waals surface area contributed by atoms with E-state index in [1.54, 1.807) is 6.07 Å². The van der Waals surface area contributed by atoms with E-state index in [1.807, 2.05) is 19.9 Å². The predicted molar refractivity (Wildman–Crippen MR) is 56.0 cm³/mol. The summed E-state index contributed by atoms with van der Waals surface area (Å²) in [6.07, 6.45) is 0. The number of nitrogens with one attached hydrogen (secondary N) is 2. The van der Waals surface area contributed by atoms with Crippen LogP contribution in [-0.4, -0.2) is 11.5 Å². The van der Waals surface area contributed by atoms with E-state index in [4.69, 9.17) is 16.9 Å². The van der Waals surface area contributed by atoms with Crippen molar-refractivity contribution in [2.24, 2.45) is 0 Å². The number of aromatic nitrogens is 1. The highest BCUT2D eigenvalue weighted by Crippen LogP contribution is 2.19. The molecule has 0 spiro atoms. The van der Waals surface area contributed by atoms with E-state index >= 15 is 0 Å². The van der Waals surface area contributed by atoms with Crippen molar-refractivity contribution < 1.29 is 0 Å². The minimum atomic E-state index is 0.230. The summed E-state index contributed by atoms with van der Waals surface area (Å²) in [5, 5.41) is 8.99. The van der Waals surface area contributed by atoms with Crippen LogP contribution in [0.25, 0.3) is 0 Å². The lowest BCUT2D eigenvalue weighted by Gasteiger charge is -2.07. The van der Waals surface area contributed by atoms with Gasteiger partial charge in [-0.2, -0.15) is 5.26 Å². The van der Waals surface area contributed by atoms with Gasteiger partial charge in [0.25, 0.3) is 0 Å². The van der Waals surface area contributed by atoms with Crippen LogP contribution in [0.15, 0.2) is 6.07 Å². The molecule has 0 amide bonds. The molecule has 0 aromatic carbocycles. The zero-order chi connectivity index (χ0) is 10.6. The number of nitrogens with zero attached hydrogens (tertiary/aromatic N) is 2. The number of halogens is 1. The first kappa shape index (κ1) is 10.8. The average Bonchev–Trinajstić information content (AvgIpc) is 2.14. The summed E-state index contributed by atoms with van der Waals surface area (Å²) in [6.45, 7) is 4.56. The van der Waals surface area contributed by atoms with Crippen LogP contribution in [0.4, 0.5) is 5.82 Å². The monoisotopic (exact) mass is 210 g/mol. The lowest BCUT2D eigenvalue weighted by atomic mass is 10.2. The zero-order valence-electron chi connectivity index (χ0n) is 8.06. The van der Waals surface area contributed by atoms with E-state index in [9.17, 15) is 0 Å². The van der Waals surface area contributed by atoms with Crippen LogP contribution < -0.4 is 10.9 Å². The van der Waals surface area contributed by atoms with Gasteiger partial charge in [0, 0.05) is 6.54 Å². The number of hydrogen-bond acceptors (Lipinski definition) is 4. The highest BCUT2D eigenvalue weighted by atomic mass is 35.5. The van der Waals surface area contributed by atoms with E-state index < -0.39 is 0 Å². The SMILES string of the molecule is CCNNc1cc(C)c(C#N)c(Cl)n1. The Morgan fingerprint density at radius 2 is 2.36 bits per heavy atom. The Hall–Kier alpha value is -1.31. The highest BCUT2D eigenvalue weighted by molar-refractivity contribution is 6.30. The molecule has 4 nitrogen and oxygen atoms in total. The maximum Gasteiger partial charge on any atom is 0.149 e. The molecular formula is C9H11ClN4. The fraction of sp³-hybridized carbons (Fsp3) is 0.333. The molecule has 0 aliphatic rings. The molecule has 0 aliphatic heterocycles. The first-order chi connectivity index (χ1) is 6.69. The van der Waals surface area contributed by atoms with Gasteiger partial charge in [0.2, 0.25) is 0 Å². The zero-order valence-corrected chi connectivity index (χ0v) is 8.81. The van der Waals surface area contributed by atoms with Crippen molar-refractivity contribution in [3.63, 3.8) is 0 Å². The molecular weight excluding hydrogens is 200 g/mol. The largest absolute Gasteiger partial charge is 0.306 e. The summed E-state index contributed by atoms with van der Waals surface area (Å²) < 4.78 is 0. The van der Waals surface area contributed by atoms with Crippen molar-refractivity contribution in [3.05, 3.63) is 22.3 Å². The van der Waals surface area contributed by atoms with Crippen LogP contribution in [0, 0.1) is 18.3 Å². The molecule has 0 fully saturated rings. The molecule has 1 heterocycles. The molecule has 0 atom stereocenters. The van der Waals surface area contributed by atoms with Gasteiger partial charge in [0.15, 0.2) is 0 Å². The maximum atomic E-state index is 8.76. The molecule has 1 aromatic heterocycles. The van der Waals surface area contributed by atoms with Crippen molar-refractivity contribution in [2.45, 2.75) is 13.8 Å². The Kier molecular flexibility index (Phi) is 3.69. The summed E-state index contributed by atoms with van der Waals surface area (Å²) in [4.78, 5) is 4.01. The number of nitriles is 1. The molecule has 0 saturated carbocycles. The normalized spacial score (nSPS) is 9.57. The second kappa shape index (κ2) is 4.80. The van der Waals surface area contributed by atoms with Gasteiger partial charge in [-0.1, -0.05) is 18.5 Å². The molecule has 0 saturated heterocycles. The van der Waals surface area contributed by atoms with Gasteiger partial charge in [-0.25, -0.2) is 10.4 Å².